The maximum Gasteiger partial charge on any atom is 0.256 e. The number of halogens is 1. The molecule has 0 saturated carbocycles. The zero-order valence-electron chi connectivity index (χ0n) is 26.3. The van der Waals surface area contributed by atoms with Gasteiger partial charge in [-0.05, 0) is 75.7 Å². The van der Waals surface area contributed by atoms with Crippen LogP contribution in [0.5, 0.6) is 17.2 Å². The summed E-state index contributed by atoms with van der Waals surface area (Å²) in [4.78, 5) is 31.9. The third-order valence-electron chi connectivity index (χ3n) is 8.01. The fourth-order valence-corrected chi connectivity index (χ4v) is 5.32. The topological polar surface area (TPSA) is 101 Å². The molecule has 0 bridgehead atoms. The molecule has 0 aliphatic carbocycles. The smallest absolute Gasteiger partial charge is 0.256 e. The van der Waals surface area contributed by atoms with E-state index in [2.05, 4.69) is 49.5 Å². The van der Waals surface area contributed by atoms with Gasteiger partial charge >= 0.3 is 0 Å². The molecule has 4 rings (SSSR count). The first-order valence-electron chi connectivity index (χ1n) is 14.7. The van der Waals surface area contributed by atoms with Crippen molar-refractivity contribution in [3.05, 3.63) is 65.2 Å². The molecule has 2 N–H and O–H groups in total. The summed E-state index contributed by atoms with van der Waals surface area (Å²) in [6.45, 7) is 18.3. The first-order chi connectivity index (χ1) is 20.1. The van der Waals surface area contributed by atoms with E-state index in [4.69, 9.17) is 13.9 Å². The Morgan fingerprint density at radius 1 is 1.14 bits per heavy atom. The molecule has 0 aromatic heterocycles. The number of ether oxygens (including phenoxy) is 2. The molecule has 2 heterocycles. The molecule has 1 unspecified atom stereocenters. The summed E-state index contributed by atoms with van der Waals surface area (Å²) >= 11 is 0. The van der Waals surface area contributed by atoms with Crippen LogP contribution in [-0.4, -0.2) is 62.7 Å². The number of nitrogens with zero attached hydrogens (tertiary/aromatic N) is 2. The maximum absolute atomic E-state index is 15.1. The molecule has 1 fully saturated rings. The van der Waals surface area contributed by atoms with Gasteiger partial charge in [0.15, 0.2) is 19.9 Å². The Morgan fingerprint density at radius 2 is 1.84 bits per heavy atom. The SMILES string of the molecule is CC1=CN=C(NC(=O)c2cc(Oc3ccc(C(=O)N4CCC4)cc3F)cc(O[C@@H](C)CO[Si](C)(C)C(C)(C)C)c2)C(C)N1. The number of hydrogen-bond acceptors (Lipinski definition) is 7. The molecule has 11 heteroatoms. The van der Waals surface area contributed by atoms with E-state index < -0.39 is 20.0 Å². The van der Waals surface area contributed by atoms with E-state index in [1.165, 1.54) is 18.2 Å². The van der Waals surface area contributed by atoms with Crippen molar-refractivity contribution in [2.75, 3.05) is 19.7 Å². The molecule has 43 heavy (non-hydrogen) atoms. The molecular formula is C32H43FN4O5Si. The number of rotatable bonds is 9. The van der Waals surface area contributed by atoms with Crippen molar-refractivity contribution >= 4 is 26.0 Å². The van der Waals surface area contributed by atoms with Crippen molar-refractivity contribution < 1.29 is 27.9 Å². The van der Waals surface area contributed by atoms with Gasteiger partial charge in [-0.2, -0.15) is 0 Å². The molecule has 2 aliphatic heterocycles. The van der Waals surface area contributed by atoms with Crippen LogP contribution in [0.4, 0.5) is 4.39 Å². The van der Waals surface area contributed by atoms with Gasteiger partial charge in [0, 0.05) is 42.2 Å². The Hall–Kier alpha value is -3.70. The van der Waals surface area contributed by atoms with Crippen LogP contribution in [0.25, 0.3) is 0 Å². The number of aliphatic imine (C=N–C) groups is 1. The van der Waals surface area contributed by atoms with E-state index in [1.807, 2.05) is 20.8 Å². The van der Waals surface area contributed by atoms with E-state index in [9.17, 15) is 9.59 Å². The van der Waals surface area contributed by atoms with E-state index in [0.717, 1.165) is 12.1 Å². The number of hydrogen-bond donors (Lipinski definition) is 2. The van der Waals surface area contributed by atoms with Gasteiger partial charge in [-0.15, -0.1) is 0 Å². The van der Waals surface area contributed by atoms with Gasteiger partial charge in [-0.3, -0.25) is 9.59 Å². The summed E-state index contributed by atoms with van der Waals surface area (Å²) in [7, 11) is -2.00. The van der Waals surface area contributed by atoms with Crippen LogP contribution in [0.1, 0.15) is 68.7 Å². The van der Waals surface area contributed by atoms with Crippen molar-refractivity contribution in [1.29, 1.82) is 0 Å². The second kappa shape index (κ2) is 12.9. The van der Waals surface area contributed by atoms with Crippen LogP contribution < -0.4 is 20.1 Å². The first kappa shape index (κ1) is 32.2. The average molecular weight is 611 g/mol. The standard InChI is InChI=1S/C32H43FN4O5Si/c1-20-18-34-29(22(3)35-20)36-30(38)24-14-25(41-21(2)19-40-43(7,8)32(4,5)6)17-26(15-24)42-28-11-10-23(16-27(28)33)31(39)37-12-9-13-37/h10-11,14-18,21-22,35H,9,12-13,19H2,1-8H3,(H,34,36,38)/t21-,22?/m0/s1. The number of amides is 2. The normalized spacial score (nSPS) is 17.6. The van der Waals surface area contributed by atoms with Crippen molar-refractivity contribution in [3.8, 4) is 17.2 Å². The Bertz CT molecular complexity index is 1430. The molecule has 1 saturated heterocycles. The lowest BCUT2D eigenvalue weighted by atomic mass is 10.1. The van der Waals surface area contributed by atoms with Gasteiger partial charge in [0.25, 0.3) is 11.8 Å². The van der Waals surface area contributed by atoms with Gasteiger partial charge in [0.2, 0.25) is 0 Å². The van der Waals surface area contributed by atoms with Gasteiger partial charge in [0.1, 0.15) is 23.4 Å². The van der Waals surface area contributed by atoms with Crippen molar-refractivity contribution in [1.82, 2.24) is 15.5 Å². The largest absolute Gasteiger partial charge is 0.488 e. The first-order valence-corrected chi connectivity index (χ1v) is 17.6. The van der Waals surface area contributed by atoms with Gasteiger partial charge in [0.05, 0.1) is 12.6 Å². The molecular weight excluding hydrogens is 567 g/mol. The van der Waals surface area contributed by atoms with Crippen molar-refractivity contribution in [2.24, 2.45) is 4.99 Å². The highest BCUT2D eigenvalue weighted by molar-refractivity contribution is 6.74. The highest BCUT2D eigenvalue weighted by Crippen LogP contribution is 2.37. The monoisotopic (exact) mass is 610 g/mol. The van der Waals surface area contributed by atoms with Crippen LogP contribution in [0.3, 0.4) is 0 Å². The average Bonchev–Trinajstić information content (AvgIpc) is 2.88. The van der Waals surface area contributed by atoms with E-state index >= 15 is 4.39 Å². The second-order valence-corrected chi connectivity index (χ2v) is 17.5. The summed E-state index contributed by atoms with van der Waals surface area (Å²) in [5, 5.41) is 6.12. The molecule has 2 atom stereocenters. The van der Waals surface area contributed by atoms with Crippen LogP contribution in [0.15, 0.2) is 53.3 Å². The highest BCUT2D eigenvalue weighted by atomic mass is 28.4. The van der Waals surface area contributed by atoms with E-state index in [1.54, 1.807) is 29.3 Å². The minimum Gasteiger partial charge on any atom is -0.488 e. The van der Waals surface area contributed by atoms with Crippen LogP contribution in [-0.2, 0) is 4.43 Å². The fourth-order valence-electron chi connectivity index (χ4n) is 4.24. The number of allylic oxidation sites excluding steroid dienone is 1. The summed E-state index contributed by atoms with van der Waals surface area (Å²) in [5.41, 5.74) is 1.40. The lowest BCUT2D eigenvalue weighted by molar-refractivity contribution is 0.0651. The van der Waals surface area contributed by atoms with Crippen molar-refractivity contribution in [3.63, 3.8) is 0 Å². The molecule has 2 amide bonds. The van der Waals surface area contributed by atoms with E-state index in [-0.39, 0.29) is 45.7 Å². The zero-order chi connectivity index (χ0) is 31.5. The molecule has 0 spiro atoms. The maximum atomic E-state index is 15.1. The van der Waals surface area contributed by atoms with E-state index in [0.29, 0.717) is 31.3 Å². The Labute approximate surface area is 254 Å². The third-order valence-corrected chi connectivity index (χ3v) is 12.5. The number of benzene rings is 2. The zero-order valence-corrected chi connectivity index (χ0v) is 27.3. The van der Waals surface area contributed by atoms with Crippen molar-refractivity contribution in [2.45, 2.75) is 78.2 Å². The highest BCUT2D eigenvalue weighted by Gasteiger charge is 2.37. The minimum absolute atomic E-state index is 0.0484. The molecule has 232 valence electrons. The summed E-state index contributed by atoms with van der Waals surface area (Å²) in [6, 6.07) is 8.67. The summed E-state index contributed by atoms with van der Waals surface area (Å²) in [5.74, 6) is -0.350. The Balaban J connectivity index is 1.57. The molecule has 9 nitrogen and oxygen atoms in total. The van der Waals surface area contributed by atoms with Gasteiger partial charge in [-0.25, -0.2) is 9.38 Å². The molecule has 2 aromatic carbocycles. The molecule has 0 radical (unpaired) electrons. The van der Waals surface area contributed by atoms with Gasteiger partial charge < -0.3 is 29.4 Å². The number of carbonyl (C=O) groups is 2. The fraction of sp³-hybridized carbons (Fsp3) is 0.469. The summed E-state index contributed by atoms with van der Waals surface area (Å²) < 4.78 is 33.5. The Kier molecular flexibility index (Phi) is 9.65. The second-order valence-electron chi connectivity index (χ2n) is 12.7. The predicted octanol–water partition coefficient (Wildman–Crippen LogP) is 6.23. The number of nitrogens with one attached hydrogen (secondary N) is 2. The van der Waals surface area contributed by atoms with Crippen LogP contribution in [0.2, 0.25) is 18.1 Å². The number of likely N-dealkylation sites (tertiary alicyclic amines) is 1. The lowest BCUT2D eigenvalue weighted by Crippen LogP contribution is -2.45. The summed E-state index contributed by atoms with van der Waals surface area (Å²) in [6.07, 6.45) is 2.26. The van der Waals surface area contributed by atoms with Gasteiger partial charge in [-0.1, -0.05) is 20.8 Å². The van der Waals surface area contributed by atoms with Crippen LogP contribution in [0, 0.1) is 5.82 Å². The third kappa shape index (κ3) is 8.02. The number of carbonyl (C=O) groups excluding carboxylic acids is 2. The minimum atomic E-state index is -2.00. The van der Waals surface area contributed by atoms with Crippen LogP contribution >= 0.6 is 0 Å². The Morgan fingerprint density at radius 3 is 2.44 bits per heavy atom. The molecule has 2 aliphatic rings. The number of amidine groups is 1. The molecule has 2 aromatic rings. The predicted molar refractivity (Wildman–Crippen MR) is 168 cm³/mol. The lowest BCUT2D eigenvalue weighted by Gasteiger charge is -2.36. The quantitative estimate of drug-likeness (QED) is 0.326.